The fourth-order valence-electron chi connectivity index (χ4n) is 1.15. The van der Waals surface area contributed by atoms with Crippen LogP contribution in [0.15, 0.2) is 18.7 Å². The number of hydrogen-bond acceptors (Lipinski definition) is 2. The molecular weight excluding hydrogens is 150 g/mol. The average Bonchev–Trinajstić information content (AvgIpc) is 2.57. The molecule has 64 valence electrons. The minimum Gasteiger partial charge on any atom is -0.331 e. The Morgan fingerprint density at radius 2 is 2.42 bits per heavy atom. The van der Waals surface area contributed by atoms with Crippen molar-refractivity contribution in [2.45, 2.75) is 32.2 Å². The highest BCUT2D eigenvalue weighted by Crippen LogP contribution is 2.23. The third-order valence-electron chi connectivity index (χ3n) is 2.35. The summed E-state index contributed by atoms with van der Waals surface area (Å²) in [5, 5.41) is 8.65. The van der Waals surface area contributed by atoms with Crippen molar-refractivity contribution in [2.75, 3.05) is 0 Å². The van der Waals surface area contributed by atoms with Gasteiger partial charge < -0.3 is 4.57 Å². The van der Waals surface area contributed by atoms with E-state index in [4.69, 9.17) is 5.26 Å². The maximum atomic E-state index is 8.65. The Bertz CT molecular complexity index is 270. The van der Waals surface area contributed by atoms with Gasteiger partial charge in [0.1, 0.15) is 0 Å². The zero-order valence-corrected chi connectivity index (χ0v) is 7.49. The van der Waals surface area contributed by atoms with Crippen LogP contribution in [0.2, 0.25) is 0 Å². The van der Waals surface area contributed by atoms with Gasteiger partial charge in [0.25, 0.3) is 0 Å². The molecule has 12 heavy (non-hydrogen) atoms. The van der Waals surface area contributed by atoms with Crippen molar-refractivity contribution in [3.63, 3.8) is 0 Å². The van der Waals surface area contributed by atoms with E-state index in [-0.39, 0.29) is 5.54 Å². The largest absolute Gasteiger partial charge is 0.331 e. The molecule has 0 aromatic carbocycles. The fraction of sp³-hybridized carbons (Fsp3) is 0.556. The fourth-order valence-corrected chi connectivity index (χ4v) is 1.15. The van der Waals surface area contributed by atoms with Crippen molar-refractivity contribution < 1.29 is 0 Å². The summed E-state index contributed by atoms with van der Waals surface area (Å²) < 4.78 is 2.00. The van der Waals surface area contributed by atoms with Gasteiger partial charge in [0.15, 0.2) is 0 Å². The van der Waals surface area contributed by atoms with E-state index < -0.39 is 0 Å². The zero-order chi connectivity index (χ0) is 9.03. The van der Waals surface area contributed by atoms with Gasteiger partial charge in [0.05, 0.1) is 24.4 Å². The van der Waals surface area contributed by atoms with Crippen molar-refractivity contribution in [2.24, 2.45) is 0 Å². The maximum absolute atomic E-state index is 8.65. The molecule has 0 aliphatic heterocycles. The van der Waals surface area contributed by atoms with E-state index >= 15 is 0 Å². The average molecular weight is 163 g/mol. The van der Waals surface area contributed by atoms with Gasteiger partial charge >= 0.3 is 0 Å². The van der Waals surface area contributed by atoms with E-state index in [1.807, 2.05) is 10.8 Å². The molecule has 0 fully saturated rings. The first kappa shape index (κ1) is 8.79. The minimum atomic E-state index is -0.0920. The Kier molecular flexibility index (Phi) is 2.49. The summed E-state index contributed by atoms with van der Waals surface area (Å²) in [6, 6.07) is 2.20. The molecule has 0 N–H and O–H groups in total. The Morgan fingerprint density at radius 1 is 1.67 bits per heavy atom. The monoisotopic (exact) mass is 163 g/mol. The van der Waals surface area contributed by atoms with E-state index in [0.717, 1.165) is 6.42 Å². The summed E-state index contributed by atoms with van der Waals surface area (Å²) in [5.74, 6) is 0. The first-order valence-electron chi connectivity index (χ1n) is 4.08. The molecular formula is C9H13N3. The Labute approximate surface area is 72.7 Å². The third kappa shape index (κ3) is 1.48. The standard InChI is InChI=1S/C9H13N3/c1-3-9(2,4-5-10)12-7-6-11-8-12/h6-8H,3-4H2,1-2H3. The lowest BCUT2D eigenvalue weighted by Gasteiger charge is -2.26. The van der Waals surface area contributed by atoms with Crippen LogP contribution in [0, 0.1) is 11.3 Å². The quantitative estimate of drug-likeness (QED) is 0.683. The number of nitrogens with zero attached hydrogens (tertiary/aromatic N) is 3. The van der Waals surface area contributed by atoms with Crippen molar-refractivity contribution in [3.8, 4) is 6.07 Å². The molecule has 0 bridgehead atoms. The van der Waals surface area contributed by atoms with Crippen LogP contribution in [0.5, 0.6) is 0 Å². The predicted octanol–water partition coefficient (Wildman–Crippen LogP) is 1.92. The van der Waals surface area contributed by atoms with Crippen LogP contribution < -0.4 is 0 Å². The predicted molar refractivity (Wildman–Crippen MR) is 46.4 cm³/mol. The molecule has 3 nitrogen and oxygen atoms in total. The minimum absolute atomic E-state index is 0.0920. The molecule has 0 aliphatic rings. The van der Waals surface area contributed by atoms with Crippen LogP contribution in [0.3, 0.4) is 0 Å². The van der Waals surface area contributed by atoms with Gasteiger partial charge in [-0.05, 0) is 13.3 Å². The molecule has 0 radical (unpaired) electrons. The SMILES string of the molecule is CCC(C)(CC#N)n1ccnc1. The van der Waals surface area contributed by atoms with E-state index in [1.165, 1.54) is 0 Å². The summed E-state index contributed by atoms with van der Waals surface area (Å²) in [4.78, 5) is 3.97. The lowest BCUT2D eigenvalue weighted by molar-refractivity contribution is 0.312. The Hall–Kier alpha value is -1.30. The molecule has 1 heterocycles. The molecule has 3 heteroatoms. The van der Waals surface area contributed by atoms with Crippen LogP contribution in [0.1, 0.15) is 26.7 Å². The summed E-state index contributed by atoms with van der Waals surface area (Å²) >= 11 is 0. The molecule has 1 aromatic heterocycles. The second kappa shape index (κ2) is 3.40. The smallest absolute Gasteiger partial charge is 0.0951 e. The van der Waals surface area contributed by atoms with E-state index in [0.29, 0.717) is 6.42 Å². The van der Waals surface area contributed by atoms with E-state index in [1.54, 1.807) is 12.5 Å². The number of rotatable bonds is 3. The van der Waals surface area contributed by atoms with Crippen LogP contribution in [-0.4, -0.2) is 9.55 Å². The highest BCUT2D eigenvalue weighted by Gasteiger charge is 2.22. The third-order valence-corrected chi connectivity index (χ3v) is 2.35. The summed E-state index contributed by atoms with van der Waals surface area (Å²) in [6.07, 6.45) is 6.88. The summed E-state index contributed by atoms with van der Waals surface area (Å²) in [7, 11) is 0. The molecule has 1 atom stereocenters. The van der Waals surface area contributed by atoms with Gasteiger partial charge in [0, 0.05) is 12.4 Å². The highest BCUT2D eigenvalue weighted by molar-refractivity contribution is 4.93. The molecule has 0 aliphatic carbocycles. The summed E-state index contributed by atoms with van der Waals surface area (Å²) in [5.41, 5.74) is -0.0920. The van der Waals surface area contributed by atoms with Gasteiger partial charge in [-0.25, -0.2) is 4.98 Å². The second-order valence-electron chi connectivity index (χ2n) is 3.16. The number of hydrogen-bond donors (Lipinski definition) is 0. The van der Waals surface area contributed by atoms with Gasteiger partial charge in [0.2, 0.25) is 0 Å². The van der Waals surface area contributed by atoms with Gasteiger partial charge in [-0.2, -0.15) is 5.26 Å². The van der Waals surface area contributed by atoms with Crippen molar-refractivity contribution in [3.05, 3.63) is 18.7 Å². The molecule has 0 spiro atoms. The molecule has 0 saturated heterocycles. The second-order valence-corrected chi connectivity index (χ2v) is 3.16. The molecule has 0 saturated carbocycles. The molecule has 1 unspecified atom stereocenters. The first-order valence-corrected chi connectivity index (χ1v) is 4.08. The maximum Gasteiger partial charge on any atom is 0.0951 e. The molecule has 1 aromatic rings. The number of nitriles is 1. The topological polar surface area (TPSA) is 41.6 Å². The lowest BCUT2D eigenvalue weighted by atomic mass is 9.95. The van der Waals surface area contributed by atoms with Gasteiger partial charge in [-0.3, -0.25) is 0 Å². The number of imidazole rings is 1. The first-order chi connectivity index (χ1) is 5.73. The van der Waals surface area contributed by atoms with E-state index in [9.17, 15) is 0 Å². The van der Waals surface area contributed by atoms with Crippen LogP contribution in [0.4, 0.5) is 0 Å². The molecule has 0 amide bonds. The van der Waals surface area contributed by atoms with Crippen LogP contribution in [-0.2, 0) is 5.54 Å². The van der Waals surface area contributed by atoms with Crippen LogP contribution in [0.25, 0.3) is 0 Å². The normalized spacial score (nSPS) is 15.1. The summed E-state index contributed by atoms with van der Waals surface area (Å²) in [6.45, 7) is 4.15. The van der Waals surface area contributed by atoms with Crippen molar-refractivity contribution >= 4 is 0 Å². The van der Waals surface area contributed by atoms with Gasteiger partial charge in [-0.15, -0.1) is 0 Å². The van der Waals surface area contributed by atoms with E-state index in [2.05, 4.69) is 24.9 Å². The van der Waals surface area contributed by atoms with Gasteiger partial charge in [-0.1, -0.05) is 6.92 Å². The van der Waals surface area contributed by atoms with Crippen LogP contribution >= 0.6 is 0 Å². The zero-order valence-electron chi connectivity index (χ0n) is 7.49. The Balaban J connectivity index is 2.89. The number of aromatic nitrogens is 2. The Morgan fingerprint density at radius 3 is 2.83 bits per heavy atom. The van der Waals surface area contributed by atoms with Crippen molar-refractivity contribution in [1.29, 1.82) is 5.26 Å². The molecule has 1 rings (SSSR count). The van der Waals surface area contributed by atoms with Crippen molar-refractivity contribution in [1.82, 2.24) is 9.55 Å². The highest BCUT2D eigenvalue weighted by atomic mass is 15.1. The lowest BCUT2D eigenvalue weighted by Crippen LogP contribution is -2.27.